The molecule has 1 aliphatic carbocycles. The van der Waals surface area contributed by atoms with Crippen LogP contribution in [0.3, 0.4) is 0 Å². The Morgan fingerprint density at radius 2 is 1.75 bits per heavy atom. The van der Waals surface area contributed by atoms with Crippen LogP contribution in [-0.2, 0) is 0 Å². The molecule has 1 aromatic carbocycles. The van der Waals surface area contributed by atoms with E-state index in [0.29, 0.717) is 23.7 Å². The lowest BCUT2D eigenvalue weighted by Gasteiger charge is -2.26. The lowest BCUT2D eigenvalue weighted by atomic mass is 9.93. The third kappa shape index (κ3) is 5.85. The average molecular weight is 333 g/mol. The van der Waals surface area contributed by atoms with Crippen molar-refractivity contribution in [1.29, 1.82) is 0 Å². The summed E-state index contributed by atoms with van der Waals surface area (Å²) in [5, 5.41) is 18.0. The smallest absolute Gasteiger partial charge is 0.319 e. The summed E-state index contributed by atoms with van der Waals surface area (Å²) in [5.41, 5.74) is 1.21. The van der Waals surface area contributed by atoms with E-state index in [4.69, 9.17) is 0 Å². The first kappa shape index (κ1) is 18.3. The van der Waals surface area contributed by atoms with Gasteiger partial charge in [-0.2, -0.15) is 0 Å². The summed E-state index contributed by atoms with van der Waals surface area (Å²) in [6, 6.07) is 6.68. The van der Waals surface area contributed by atoms with Crippen molar-refractivity contribution in [3.8, 4) is 0 Å². The summed E-state index contributed by atoms with van der Waals surface area (Å²) < 4.78 is 0. The zero-order valence-corrected chi connectivity index (χ0v) is 14.3. The van der Waals surface area contributed by atoms with Crippen molar-refractivity contribution >= 4 is 17.6 Å². The molecule has 1 aromatic rings. The molecule has 24 heavy (non-hydrogen) atoms. The van der Waals surface area contributed by atoms with Gasteiger partial charge in [0.2, 0.25) is 0 Å². The molecule has 3 amide bonds. The minimum atomic E-state index is -0.256. The molecule has 6 nitrogen and oxygen atoms in total. The molecule has 1 aliphatic rings. The van der Waals surface area contributed by atoms with E-state index in [2.05, 4.69) is 16.0 Å². The average Bonchev–Trinajstić information content (AvgIpc) is 2.55. The molecule has 1 saturated carbocycles. The second-order valence-corrected chi connectivity index (χ2v) is 6.79. The van der Waals surface area contributed by atoms with Gasteiger partial charge in [0.25, 0.3) is 5.91 Å². The Hall–Kier alpha value is -2.08. The lowest BCUT2D eigenvalue weighted by molar-refractivity contribution is 0.0949. The number of aliphatic hydroxyl groups is 1. The zero-order chi connectivity index (χ0) is 17.5. The third-order valence-electron chi connectivity index (χ3n) is 4.11. The van der Waals surface area contributed by atoms with Crippen molar-refractivity contribution in [2.75, 3.05) is 11.9 Å². The highest BCUT2D eigenvalue weighted by molar-refractivity contribution is 5.95. The molecule has 0 heterocycles. The van der Waals surface area contributed by atoms with Gasteiger partial charge in [-0.15, -0.1) is 0 Å². The van der Waals surface area contributed by atoms with E-state index in [1.807, 2.05) is 13.8 Å². The maximum Gasteiger partial charge on any atom is 0.319 e. The molecule has 0 saturated heterocycles. The maximum absolute atomic E-state index is 12.0. The highest BCUT2D eigenvalue weighted by Crippen LogP contribution is 2.18. The second-order valence-electron chi connectivity index (χ2n) is 6.79. The first-order chi connectivity index (χ1) is 11.4. The van der Waals surface area contributed by atoms with Gasteiger partial charge in [0.05, 0.1) is 6.10 Å². The molecular weight excluding hydrogens is 306 g/mol. The Balaban J connectivity index is 1.80. The van der Waals surface area contributed by atoms with Crippen molar-refractivity contribution in [3.63, 3.8) is 0 Å². The minimum absolute atomic E-state index is 0.106. The number of rotatable bonds is 5. The van der Waals surface area contributed by atoms with Crippen LogP contribution in [0.2, 0.25) is 0 Å². The Morgan fingerprint density at radius 3 is 2.33 bits per heavy atom. The van der Waals surface area contributed by atoms with Gasteiger partial charge in [0.15, 0.2) is 0 Å². The summed E-state index contributed by atoms with van der Waals surface area (Å²) in [4.78, 5) is 23.9. The number of anilines is 1. The minimum Gasteiger partial charge on any atom is -0.393 e. The molecule has 132 valence electrons. The van der Waals surface area contributed by atoms with Gasteiger partial charge < -0.3 is 21.1 Å². The topological polar surface area (TPSA) is 90.5 Å². The fourth-order valence-electron chi connectivity index (χ4n) is 2.68. The van der Waals surface area contributed by atoms with Crippen molar-refractivity contribution in [2.45, 2.75) is 51.7 Å². The first-order valence-electron chi connectivity index (χ1n) is 8.58. The lowest BCUT2D eigenvalue weighted by Crippen LogP contribution is -2.40. The predicted molar refractivity (Wildman–Crippen MR) is 94.0 cm³/mol. The summed E-state index contributed by atoms with van der Waals surface area (Å²) in [5.74, 6) is 0.292. The number of aliphatic hydroxyl groups excluding tert-OH is 1. The van der Waals surface area contributed by atoms with Crippen molar-refractivity contribution in [3.05, 3.63) is 29.8 Å². The molecule has 4 N–H and O–H groups in total. The van der Waals surface area contributed by atoms with Gasteiger partial charge in [-0.25, -0.2) is 4.79 Å². The monoisotopic (exact) mass is 333 g/mol. The van der Waals surface area contributed by atoms with Crippen LogP contribution >= 0.6 is 0 Å². The molecule has 0 bridgehead atoms. The van der Waals surface area contributed by atoms with E-state index in [-0.39, 0.29) is 24.1 Å². The molecule has 0 aromatic heterocycles. The van der Waals surface area contributed by atoms with E-state index in [9.17, 15) is 14.7 Å². The number of hydrogen-bond donors (Lipinski definition) is 4. The summed E-state index contributed by atoms with van der Waals surface area (Å²) in [6.45, 7) is 4.72. The van der Waals surface area contributed by atoms with Crippen LogP contribution in [0.15, 0.2) is 24.3 Å². The fourth-order valence-corrected chi connectivity index (χ4v) is 2.68. The van der Waals surface area contributed by atoms with Gasteiger partial charge in [0, 0.05) is 23.8 Å². The van der Waals surface area contributed by atoms with Crippen LogP contribution in [-0.4, -0.2) is 35.7 Å². The summed E-state index contributed by atoms with van der Waals surface area (Å²) in [6.07, 6.45) is 2.81. The van der Waals surface area contributed by atoms with Crippen molar-refractivity contribution < 1.29 is 14.7 Å². The van der Waals surface area contributed by atoms with E-state index in [1.54, 1.807) is 24.3 Å². The highest BCUT2D eigenvalue weighted by Gasteiger charge is 2.20. The zero-order valence-electron chi connectivity index (χ0n) is 14.3. The Bertz CT molecular complexity index is 549. The van der Waals surface area contributed by atoms with Gasteiger partial charge in [0.1, 0.15) is 0 Å². The van der Waals surface area contributed by atoms with Crippen molar-refractivity contribution in [2.24, 2.45) is 5.92 Å². The molecule has 2 rings (SSSR count). The fraction of sp³-hybridized carbons (Fsp3) is 0.556. The summed E-state index contributed by atoms with van der Waals surface area (Å²) >= 11 is 0. The summed E-state index contributed by atoms with van der Waals surface area (Å²) in [7, 11) is 0. The quantitative estimate of drug-likeness (QED) is 0.667. The number of benzene rings is 1. The molecule has 0 radical (unpaired) electrons. The Morgan fingerprint density at radius 1 is 1.12 bits per heavy atom. The van der Waals surface area contributed by atoms with Gasteiger partial charge in [-0.05, 0) is 55.9 Å². The number of urea groups is 1. The Kier molecular flexibility index (Phi) is 6.61. The maximum atomic E-state index is 12.0. The SMILES string of the molecule is CC(C)CNC(=O)c1ccc(NC(=O)NC2CCC(O)CC2)cc1. The van der Waals surface area contributed by atoms with Crippen LogP contribution in [0.1, 0.15) is 49.9 Å². The highest BCUT2D eigenvalue weighted by atomic mass is 16.3. The number of carbonyl (C=O) groups excluding carboxylic acids is 2. The molecule has 6 heteroatoms. The van der Waals surface area contributed by atoms with Gasteiger partial charge >= 0.3 is 6.03 Å². The van der Waals surface area contributed by atoms with Crippen LogP contribution < -0.4 is 16.0 Å². The molecule has 1 fully saturated rings. The molecule has 0 spiro atoms. The third-order valence-corrected chi connectivity index (χ3v) is 4.11. The molecule has 0 aliphatic heterocycles. The second kappa shape index (κ2) is 8.68. The van der Waals surface area contributed by atoms with E-state index < -0.39 is 0 Å². The standard InChI is InChI=1S/C18H27N3O3/c1-12(2)11-19-17(23)13-3-5-14(6-4-13)20-18(24)21-15-7-9-16(22)10-8-15/h3-6,12,15-16,22H,7-11H2,1-2H3,(H,19,23)(H2,20,21,24). The largest absolute Gasteiger partial charge is 0.393 e. The molecule has 0 unspecified atom stereocenters. The molecule has 0 atom stereocenters. The van der Waals surface area contributed by atoms with Crippen molar-refractivity contribution in [1.82, 2.24) is 10.6 Å². The number of nitrogens with one attached hydrogen (secondary N) is 3. The predicted octanol–water partition coefficient (Wildman–Crippen LogP) is 2.50. The van der Waals surface area contributed by atoms with Crippen LogP contribution in [0, 0.1) is 5.92 Å². The van der Waals surface area contributed by atoms with Crippen LogP contribution in [0.4, 0.5) is 10.5 Å². The normalized spacial score (nSPS) is 20.5. The van der Waals surface area contributed by atoms with Gasteiger partial charge in [-0.3, -0.25) is 4.79 Å². The van der Waals surface area contributed by atoms with Gasteiger partial charge in [-0.1, -0.05) is 13.8 Å². The van der Waals surface area contributed by atoms with E-state index in [0.717, 1.165) is 25.7 Å². The Labute approximate surface area is 143 Å². The van der Waals surface area contributed by atoms with Crippen LogP contribution in [0.5, 0.6) is 0 Å². The number of carbonyl (C=O) groups is 2. The van der Waals surface area contributed by atoms with E-state index >= 15 is 0 Å². The van der Waals surface area contributed by atoms with Crippen LogP contribution in [0.25, 0.3) is 0 Å². The number of hydrogen-bond acceptors (Lipinski definition) is 3. The number of amides is 3. The first-order valence-corrected chi connectivity index (χ1v) is 8.58. The molecular formula is C18H27N3O3. The van der Waals surface area contributed by atoms with E-state index in [1.165, 1.54) is 0 Å².